The van der Waals surface area contributed by atoms with Gasteiger partial charge in [-0.3, -0.25) is 14.3 Å². The van der Waals surface area contributed by atoms with E-state index in [4.69, 9.17) is 0 Å². The van der Waals surface area contributed by atoms with Crippen LogP contribution in [0.15, 0.2) is 12.4 Å². The number of ketones is 1. The second kappa shape index (κ2) is 7.86. The quantitative estimate of drug-likeness (QED) is 0.644. The van der Waals surface area contributed by atoms with Crippen LogP contribution < -0.4 is 0 Å². The molecule has 5 saturated carbocycles. The molecule has 8 heteroatoms. The van der Waals surface area contributed by atoms with Crippen molar-refractivity contribution in [2.24, 2.45) is 52.8 Å². The first-order valence-electron chi connectivity index (χ1n) is 14.4. The molecule has 1 aromatic heterocycles. The van der Waals surface area contributed by atoms with E-state index in [1.165, 1.54) is 30.1 Å². The summed E-state index contributed by atoms with van der Waals surface area (Å²) < 4.78 is 27.9. The summed E-state index contributed by atoms with van der Waals surface area (Å²) >= 11 is 0. The Morgan fingerprint density at radius 3 is 2.54 bits per heavy atom. The molecule has 0 bridgehead atoms. The molecule has 1 N–H and O–H groups in total. The number of amides is 1. The number of halogens is 2. The maximum absolute atomic E-state index is 13.8. The van der Waals surface area contributed by atoms with Crippen molar-refractivity contribution in [1.29, 1.82) is 0 Å². The lowest BCUT2D eigenvalue weighted by molar-refractivity contribution is -0.136. The number of aromatic nitrogens is 2. The number of fused-ring (bicyclic) bond motifs is 7. The number of aliphatic hydroxyl groups is 1. The average Bonchev–Trinajstić information content (AvgIpc) is 3.31. The first-order valence-corrected chi connectivity index (χ1v) is 14.4. The number of hydrogen-bond donors (Lipinski definition) is 1. The summed E-state index contributed by atoms with van der Waals surface area (Å²) in [6.07, 6.45) is 11.9. The molecule has 0 spiro atoms. The summed E-state index contributed by atoms with van der Waals surface area (Å²) in [7, 11) is 0. The maximum Gasteiger partial charge on any atom is 0.282 e. The van der Waals surface area contributed by atoms with Gasteiger partial charge in [-0.2, -0.15) is 5.10 Å². The number of carbonyl (C=O) groups is 2. The molecule has 6 nitrogen and oxygen atoms in total. The molecule has 6 fully saturated rings. The average molecular weight is 516 g/mol. The summed E-state index contributed by atoms with van der Waals surface area (Å²) in [5, 5.41) is 14.9. The minimum Gasteiger partial charge on any atom is -0.390 e. The van der Waals surface area contributed by atoms with Crippen LogP contribution in [0.4, 0.5) is 8.78 Å². The lowest BCUT2D eigenvalue weighted by Gasteiger charge is -2.57. The van der Waals surface area contributed by atoms with E-state index in [1.54, 1.807) is 6.20 Å². The van der Waals surface area contributed by atoms with Crippen molar-refractivity contribution in [3.05, 3.63) is 18.0 Å². The van der Waals surface area contributed by atoms with Crippen LogP contribution in [0.2, 0.25) is 0 Å². The lowest BCUT2D eigenvalue weighted by Crippen LogP contribution is -2.58. The third kappa shape index (κ3) is 3.75. The fourth-order valence-electron chi connectivity index (χ4n) is 10.3. The van der Waals surface area contributed by atoms with E-state index in [-0.39, 0.29) is 29.2 Å². The molecular formula is C29H39F2N3O3. The minimum absolute atomic E-state index is 0.0356. The molecule has 10 atom stereocenters. The second-order valence-electron chi connectivity index (χ2n) is 14.1. The Morgan fingerprint density at radius 1 is 1.03 bits per heavy atom. The second-order valence-corrected chi connectivity index (χ2v) is 14.1. The molecule has 202 valence electrons. The predicted molar refractivity (Wildman–Crippen MR) is 132 cm³/mol. The van der Waals surface area contributed by atoms with Gasteiger partial charge in [0, 0.05) is 12.1 Å². The van der Waals surface area contributed by atoms with Crippen LogP contribution in [0.3, 0.4) is 0 Å². The van der Waals surface area contributed by atoms with E-state index in [9.17, 15) is 23.5 Å². The number of Topliss-reactive ketones (excluding diaryl/α,β-unsaturated/α-hetero) is 1. The predicted octanol–water partition coefficient (Wildman–Crippen LogP) is 4.42. The summed E-state index contributed by atoms with van der Waals surface area (Å²) in [5.41, 5.74) is -0.193. The van der Waals surface area contributed by atoms with Gasteiger partial charge in [0.25, 0.3) is 11.8 Å². The highest BCUT2D eigenvalue weighted by molar-refractivity contribution is 5.94. The molecule has 1 aromatic rings. The molecule has 7 rings (SSSR count). The highest BCUT2D eigenvalue weighted by Crippen LogP contribution is 2.74. The van der Waals surface area contributed by atoms with E-state index >= 15 is 0 Å². The number of carbonyl (C=O) groups excluding carboxylic acids is 2. The van der Waals surface area contributed by atoms with Gasteiger partial charge in [-0.25, -0.2) is 8.78 Å². The van der Waals surface area contributed by atoms with Gasteiger partial charge >= 0.3 is 0 Å². The molecule has 0 aromatic carbocycles. The Balaban J connectivity index is 1.05. The number of rotatable bonds is 4. The SMILES string of the molecule is C[C@@]1(O)CCC2C(CC[C@H]3[C@@H]4[C@@H]5C[C@@H]5[C@H](C(=O)Cn5cc(C(=O)N6CC(F)(F)C6)cn5)[C@@]4(C)CC[C@H]23)C1. The Hall–Kier alpha value is -1.83. The smallest absolute Gasteiger partial charge is 0.282 e. The van der Waals surface area contributed by atoms with Gasteiger partial charge in [-0.15, -0.1) is 0 Å². The van der Waals surface area contributed by atoms with Gasteiger partial charge in [-0.05, 0) is 105 Å². The van der Waals surface area contributed by atoms with Crippen LogP contribution in [-0.4, -0.2) is 56.1 Å². The van der Waals surface area contributed by atoms with Gasteiger partial charge in [0.05, 0.1) is 37.0 Å². The zero-order chi connectivity index (χ0) is 25.9. The molecule has 1 aliphatic heterocycles. The molecule has 2 heterocycles. The van der Waals surface area contributed by atoms with Crippen LogP contribution >= 0.6 is 0 Å². The summed E-state index contributed by atoms with van der Waals surface area (Å²) in [4.78, 5) is 27.4. The van der Waals surface area contributed by atoms with Crippen molar-refractivity contribution in [2.75, 3.05) is 13.1 Å². The van der Waals surface area contributed by atoms with Crippen LogP contribution in [0.5, 0.6) is 0 Å². The van der Waals surface area contributed by atoms with E-state index in [0.717, 1.165) is 48.8 Å². The number of alkyl halides is 2. The third-order valence-electron chi connectivity index (χ3n) is 11.7. The molecule has 37 heavy (non-hydrogen) atoms. The van der Waals surface area contributed by atoms with Crippen molar-refractivity contribution in [3.8, 4) is 0 Å². The summed E-state index contributed by atoms with van der Waals surface area (Å²) in [6.45, 7) is 3.43. The fourth-order valence-corrected chi connectivity index (χ4v) is 10.3. The topological polar surface area (TPSA) is 75.4 Å². The number of likely N-dealkylation sites (tertiary alicyclic amines) is 1. The van der Waals surface area contributed by atoms with Crippen LogP contribution in [-0.2, 0) is 11.3 Å². The third-order valence-corrected chi connectivity index (χ3v) is 11.7. The molecule has 5 aliphatic carbocycles. The van der Waals surface area contributed by atoms with E-state index in [1.807, 2.05) is 6.92 Å². The Labute approximate surface area is 217 Å². The normalized spacial score (nSPS) is 47.2. The zero-order valence-electron chi connectivity index (χ0n) is 21.9. The van der Waals surface area contributed by atoms with Crippen molar-refractivity contribution in [3.63, 3.8) is 0 Å². The van der Waals surface area contributed by atoms with Crippen molar-refractivity contribution in [2.45, 2.75) is 83.3 Å². The summed E-state index contributed by atoms with van der Waals surface area (Å²) in [6, 6.07) is 0. The lowest BCUT2D eigenvalue weighted by atomic mass is 9.48. The molecule has 2 unspecified atom stereocenters. The first kappa shape index (κ1) is 24.2. The molecular weight excluding hydrogens is 476 g/mol. The highest BCUT2D eigenvalue weighted by atomic mass is 19.3. The van der Waals surface area contributed by atoms with E-state index in [0.29, 0.717) is 29.6 Å². The van der Waals surface area contributed by atoms with Gasteiger partial charge in [0.1, 0.15) is 0 Å². The highest BCUT2D eigenvalue weighted by Gasteiger charge is 2.70. The van der Waals surface area contributed by atoms with Crippen molar-refractivity contribution >= 4 is 11.7 Å². The molecule has 0 radical (unpaired) electrons. The first-order chi connectivity index (χ1) is 17.5. The fraction of sp³-hybridized carbons (Fsp3) is 0.828. The molecule has 1 amide bonds. The summed E-state index contributed by atoms with van der Waals surface area (Å²) in [5.74, 6) is 1.63. The molecule has 6 aliphatic rings. The van der Waals surface area contributed by atoms with Crippen molar-refractivity contribution in [1.82, 2.24) is 14.7 Å². The van der Waals surface area contributed by atoms with Crippen molar-refractivity contribution < 1.29 is 23.5 Å². The Morgan fingerprint density at radius 2 is 1.78 bits per heavy atom. The number of hydrogen-bond acceptors (Lipinski definition) is 4. The number of nitrogens with zero attached hydrogens (tertiary/aromatic N) is 3. The van der Waals surface area contributed by atoms with Gasteiger partial charge in [-0.1, -0.05) is 6.92 Å². The zero-order valence-corrected chi connectivity index (χ0v) is 21.9. The monoisotopic (exact) mass is 515 g/mol. The minimum atomic E-state index is -2.80. The molecule has 1 saturated heterocycles. The van der Waals surface area contributed by atoms with Gasteiger partial charge < -0.3 is 10.0 Å². The maximum atomic E-state index is 13.8. The van der Waals surface area contributed by atoms with Crippen LogP contribution in [0.25, 0.3) is 0 Å². The van der Waals surface area contributed by atoms with Gasteiger partial charge in [0.2, 0.25) is 0 Å². The van der Waals surface area contributed by atoms with Crippen LogP contribution in [0, 0.1) is 52.8 Å². The van der Waals surface area contributed by atoms with E-state index in [2.05, 4.69) is 12.0 Å². The van der Waals surface area contributed by atoms with Gasteiger partial charge in [0.15, 0.2) is 5.78 Å². The van der Waals surface area contributed by atoms with E-state index < -0.39 is 30.5 Å². The Kier molecular flexibility index (Phi) is 5.15. The van der Waals surface area contributed by atoms with Crippen LogP contribution in [0.1, 0.15) is 75.6 Å². The standard InChI is InChI=1S/C29H39F2N3O3/c1-27(37)7-5-18-16(10-27)3-4-20-19(18)6-8-28(2)24(20)21-9-22(21)25(28)23(35)13-34-12-17(11-32-34)26(36)33-14-29(30,31)15-33/h11-12,16,18-22,24-25,37H,3-10,13-15H2,1-2H3/t16?,18?,19-,20-,21-,22+,24-,25-,27-,28+/m1/s1. The Bertz CT molecular complexity index is 1130. The largest absolute Gasteiger partial charge is 0.390 e.